The summed E-state index contributed by atoms with van der Waals surface area (Å²) in [5, 5.41) is 7.37. The molecule has 94 valence electrons. The van der Waals surface area contributed by atoms with E-state index in [0.29, 0.717) is 6.61 Å². The predicted octanol–water partition coefficient (Wildman–Crippen LogP) is 2.21. The first-order chi connectivity index (χ1) is 8.06. The van der Waals surface area contributed by atoms with E-state index in [2.05, 4.69) is 20.8 Å². The molecule has 0 saturated carbocycles. The highest BCUT2D eigenvalue weighted by atomic mass is 79.9. The van der Waals surface area contributed by atoms with E-state index in [9.17, 15) is 0 Å². The lowest BCUT2D eigenvalue weighted by Crippen LogP contribution is -2.23. The Morgan fingerprint density at radius 2 is 2.24 bits per heavy atom. The minimum atomic E-state index is 0.0780. The Balaban J connectivity index is 2.74. The van der Waals surface area contributed by atoms with Crippen molar-refractivity contribution < 1.29 is 4.74 Å². The fourth-order valence-corrected chi connectivity index (χ4v) is 2.13. The fourth-order valence-electron chi connectivity index (χ4n) is 1.45. The van der Waals surface area contributed by atoms with E-state index in [1.165, 1.54) is 0 Å². The van der Waals surface area contributed by atoms with Crippen molar-refractivity contribution >= 4 is 27.5 Å². The predicted molar refractivity (Wildman–Crippen MR) is 74.9 cm³/mol. The summed E-state index contributed by atoms with van der Waals surface area (Å²) in [6.45, 7) is 4.25. The first kappa shape index (κ1) is 14.0. The molecule has 1 aromatic rings. The van der Waals surface area contributed by atoms with Crippen LogP contribution in [0.25, 0.3) is 0 Å². The number of hydrogen-bond donors (Lipinski definition) is 2. The Hall–Kier alpha value is -1.07. The number of halogens is 1. The van der Waals surface area contributed by atoms with Gasteiger partial charge in [-0.3, -0.25) is 5.41 Å². The average Bonchev–Trinajstić information content (AvgIpc) is 2.28. The van der Waals surface area contributed by atoms with Crippen molar-refractivity contribution in [3.8, 4) is 0 Å². The molecule has 1 rings (SSSR count). The summed E-state index contributed by atoms with van der Waals surface area (Å²) in [4.78, 5) is 2.10. The molecule has 0 unspecified atom stereocenters. The second-order valence-electron chi connectivity index (χ2n) is 3.70. The molecule has 5 heteroatoms. The van der Waals surface area contributed by atoms with Crippen LogP contribution in [0.3, 0.4) is 0 Å². The molecule has 0 aliphatic rings. The van der Waals surface area contributed by atoms with Crippen molar-refractivity contribution in [3.63, 3.8) is 0 Å². The number of nitrogens with one attached hydrogen (secondary N) is 1. The summed E-state index contributed by atoms with van der Waals surface area (Å²) < 4.78 is 6.25. The minimum Gasteiger partial charge on any atom is -0.384 e. The summed E-state index contributed by atoms with van der Waals surface area (Å²) in [6, 6.07) is 5.65. The van der Waals surface area contributed by atoms with E-state index in [4.69, 9.17) is 15.9 Å². The summed E-state index contributed by atoms with van der Waals surface area (Å²) in [6.07, 6.45) is 0. The van der Waals surface area contributed by atoms with Crippen LogP contribution in [0.4, 0.5) is 5.69 Å². The van der Waals surface area contributed by atoms with Crippen molar-refractivity contribution in [3.05, 3.63) is 28.2 Å². The first-order valence-electron chi connectivity index (χ1n) is 5.49. The minimum absolute atomic E-state index is 0.0780. The van der Waals surface area contributed by atoms with Gasteiger partial charge >= 0.3 is 0 Å². The zero-order valence-corrected chi connectivity index (χ0v) is 11.8. The van der Waals surface area contributed by atoms with Crippen LogP contribution in [0, 0.1) is 5.41 Å². The lowest BCUT2D eigenvalue weighted by Gasteiger charge is -2.21. The zero-order chi connectivity index (χ0) is 12.8. The number of nitrogens with two attached hydrogens (primary N) is 1. The maximum atomic E-state index is 7.37. The molecule has 1 aromatic carbocycles. The van der Waals surface area contributed by atoms with E-state index in [1.807, 2.05) is 32.2 Å². The number of rotatable bonds is 6. The van der Waals surface area contributed by atoms with Gasteiger partial charge in [0.15, 0.2) is 0 Å². The Bertz CT molecular complexity index is 395. The molecule has 0 spiro atoms. The number of ether oxygens (including phenoxy) is 1. The van der Waals surface area contributed by atoms with Crippen LogP contribution < -0.4 is 10.6 Å². The van der Waals surface area contributed by atoms with E-state index in [-0.39, 0.29) is 5.84 Å². The summed E-state index contributed by atoms with van der Waals surface area (Å²) in [7, 11) is 2.01. The van der Waals surface area contributed by atoms with Crippen LogP contribution >= 0.6 is 15.9 Å². The Morgan fingerprint density at radius 1 is 1.53 bits per heavy atom. The molecular weight excluding hydrogens is 282 g/mol. The van der Waals surface area contributed by atoms with Gasteiger partial charge in [-0.2, -0.15) is 0 Å². The first-order valence-corrected chi connectivity index (χ1v) is 6.28. The van der Waals surface area contributed by atoms with Gasteiger partial charge in [0.25, 0.3) is 0 Å². The van der Waals surface area contributed by atoms with Crippen LogP contribution in [-0.2, 0) is 4.74 Å². The van der Waals surface area contributed by atoms with Gasteiger partial charge in [0, 0.05) is 30.2 Å². The van der Waals surface area contributed by atoms with Crippen LogP contribution in [-0.4, -0.2) is 32.6 Å². The largest absolute Gasteiger partial charge is 0.384 e. The second-order valence-corrected chi connectivity index (χ2v) is 4.55. The van der Waals surface area contributed by atoms with Gasteiger partial charge in [-0.1, -0.05) is 0 Å². The molecule has 0 aliphatic heterocycles. The van der Waals surface area contributed by atoms with Crippen LogP contribution in [0.5, 0.6) is 0 Å². The normalized spacial score (nSPS) is 10.3. The third-order valence-corrected chi connectivity index (χ3v) is 3.08. The molecule has 0 saturated heterocycles. The number of amidine groups is 1. The number of benzene rings is 1. The van der Waals surface area contributed by atoms with Gasteiger partial charge < -0.3 is 15.4 Å². The molecule has 0 atom stereocenters. The van der Waals surface area contributed by atoms with Gasteiger partial charge in [0.1, 0.15) is 5.84 Å². The third kappa shape index (κ3) is 4.02. The maximum absolute atomic E-state index is 7.37. The molecular formula is C12H18BrN3O. The van der Waals surface area contributed by atoms with Crippen LogP contribution in [0.2, 0.25) is 0 Å². The molecule has 0 radical (unpaired) electrons. The lowest BCUT2D eigenvalue weighted by molar-refractivity contribution is 0.154. The van der Waals surface area contributed by atoms with E-state index in [0.717, 1.165) is 28.9 Å². The maximum Gasteiger partial charge on any atom is 0.122 e. The van der Waals surface area contributed by atoms with Crippen molar-refractivity contribution in [1.82, 2.24) is 0 Å². The molecule has 0 aliphatic carbocycles. The van der Waals surface area contributed by atoms with E-state index in [1.54, 1.807) is 0 Å². The van der Waals surface area contributed by atoms with Crippen molar-refractivity contribution in [2.75, 3.05) is 31.7 Å². The summed E-state index contributed by atoms with van der Waals surface area (Å²) in [5.74, 6) is 0.0780. The van der Waals surface area contributed by atoms with E-state index >= 15 is 0 Å². The topological polar surface area (TPSA) is 62.3 Å². The third-order valence-electron chi connectivity index (χ3n) is 2.45. The highest BCUT2D eigenvalue weighted by molar-refractivity contribution is 9.10. The van der Waals surface area contributed by atoms with Crippen molar-refractivity contribution in [1.29, 1.82) is 5.41 Å². The number of likely N-dealkylation sites (N-methyl/N-ethyl adjacent to an activating group) is 1. The summed E-state index contributed by atoms with van der Waals surface area (Å²) in [5.41, 5.74) is 7.22. The Morgan fingerprint density at radius 3 is 2.76 bits per heavy atom. The van der Waals surface area contributed by atoms with Crippen LogP contribution in [0.15, 0.2) is 22.7 Å². The van der Waals surface area contributed by atoms with Gasteiger partial charge in [0.2, 0.25) is 0 Å². The number of nitrogen functional groups attached to an aromatic ring is 1. The fraction of sp³-hybridized carbons (Fsp3) is 0.417. The zero-order valence-electron chi connectivity index (χ0n) is 10.2. The number of anilines is 1. The highest BCUT2D eigenvalue weighted by Crippen LogP contribution is 2.26. The quantitative estimate of drug-likeness (QED) is 0.481. The smallest absolute Gasteiger partial charge is 0.122 e. The summed E-state index contributed by atoms with van der Waals surface area (Å²) >= 11 is 3.49. The van der Waals surface area contributed by atoms with Gasteiger partial charge in [-0.25, -0.2) is 0 Å². The monoisotopic (exact) mass is 299 g/mol. The SMILES string of the molecule is CCOCCN(C)c1ccc(C(=N)N)cc1Br. The average molecular weight is 300 g/mol. The second kappa shape index (κ2) is 6.61. The number of hydrogen-bond acceptors (Lipinski definition) is 3. The molecule has 0 amide bonds. The molecule has 0 fully saturated rings. The Kier molecular flexibility index (Phi) is 5.44. The van der Waals surface area contributed by atoms with Gasteiger partial charge in [-0.05, 0) is 41.1 Å². The van der Waals surface area contributed by atoms with Crippen molar-refractivity contribution in [2.45, 2.75) is 6.92 Å². The Labute approximate surface area is 110 Å². The molecule has 0 aromatic heterocycles. The molecule has 0 bridgehead atoms. The van der Waals surface area contributed by atoms with Crippen molar-refractivity contribution in [2.24, 2.45) is 5.73 Å². The molecule has 4 nitrogen and oxygen atoms in total. The standard InChI is InChI=1S/C12H18BrN3O/c1-3-17-7-6-16(2)11-5-4-9(12(14)15)8-10(11)13/h4-5,8H,3,6-7H2,1-2H3,(H3,14,15). The van der Waals surface area contributed by atoms with Crippen LogP contribution in [0.1, 0.15) is 12.5 Å². The molecule has 0 heterocycles. The highest BCUT2D eigenvalue weighted by Gasteiger charge is 2.07. The molecule has 3 N–H and O–H groups in total. The van der Waals surface area contributed by atoms with E-state index < -0.39 is 0 Å². The molecule has 17 heavy (non-hydrogen) atoms. The number of nitrogens with zero attached hydrogens (tertiary/aromatic N) is 1. The van der Waals surface area contributed by atoms with Gasteiger partial charge in [0.05, 0.1) is 12.3 Å². The van der Waals surface area contributed by atoms with Gasteiger partial charge in [-0.15, -0.1) is 0 Å². The lowest BCUT2D eigenvalue weighted by atomic mass is 10.2.